The van der Waals surface area contributed by atoms with Crippen molar-refractivity contribution in [2.24, 2.45) is 0 Å². The Morgan fingerprint density at radius 2 is 2.26 bits per heavy atom. The molecule has 2 atom stereocenters. The van der Waals surface area contributed by atoms with Crippen molar-refractivity contribution in [1.82, 2.24) is 4.90 Å². The number of hydrogen-bond acceptors (Lipinski definition) is 4. The predicted octanol–water partition coefficient (Wildman–Crippen LogP) is 3.40. The smallest absolute Gasteiger partial charge is 0.132 e. The van der Waals surface area contributed by atoms with Crippen LogP contribution in [-0.2, 0) is 11.3 Å². The van der Waals surface area contributed by atoms with E-state index in [1.807, 2.05) is 0 Å². The van der Waals surface area contributed by atoms with Crippen LogP contribution in [0.15, 0.2) is 41.0 Å². The van der Waals surface area contributed by atoms with Crippen LogP contribution in [-0.4, -0.2) is 35.8 Å². The molecule has 1 aliphatic heterocycles. The Morgan fingerprint density at radius 1 is 1.39 bits per heavy atom. The topological polar surface area (TPSA) is 45.8 Å². The van der Waals surface area contributed by atoms with E-state index in [4.69, 9.17) is 20.8 Å². The minimum Gasteiger partial charge on any atom is -0.467 e. The van der Waals surface area contributed by atoms with E-state index >= 15 is 0 Å². The lowest BCUT2D eigenvalue weighted by Crippen LogP contribution is -2.45. The van der Waals surface area contributed by atoms with Crippen LogP contribution in [0.25, 0.3) is 0 Å². The third kappa shape index (κ3) is 4.12. The Morgan fingerprint density at radius 3 is 3.00 bits per heavy atom. The van der Waals surface area contributed by atoms with Gasteiger partial charge < -0.3 is 14.3 Å². The molecule has 0 saturated carbocycles. The van der Waals surface area contributed by atoms with Crippen LogP contribution in [0.3, 0.4) is 0 Å². The van der Waals surface area contributed by atoms with Crippen LogP contribution < -0.4 is 0 Å². The molecule has 2 unspecified atom stereocenters. The van der Waals surface area contributed by atoms with Gasteiger partial charge in [0, 0.05) is 24.2 Å². The Kier molecular flexibility index (Phi) is 5.33. The van der Waals surface area contributed by atoms with Crippen molar-refractivity contribution in [2.45, 2.75) is 25.1 Å². The maximum Gasteiger partial charge on any atom is 0.132 e. The van der Waals surface area contributed by atoms with Gasteiger partial charge in [-0.15, -0.1) is 0 Å². The van der Waals surface area contributed by atoms with Gasteiger partial charge in [-0.25, -0.2) is 4.39 Å². The third-order valence-electron chi connectivity index (χ3n) is 4.10. The highest BCUT2D eigenvalue weighted by Crippen LogP contribution is 2.26. The van der Waals surface area contributed by atoms with Gasteiger partial charge >= 0.3 is 0 Å². The van der Waals surface area contributed by atoms with Gasteiger partial charge in [0.2, 0.25) is 0 Å². The normalized spacial score (nSPS) is 20.6. The number of hydrogen-bond donors (Lipinski definition) is 1. The summed E-state index contributed by atoms with van der Waals surface area (Å²) in [4.78, 5) is 2.20. The van der Waals surface area contributed by atoms with Crippen LogP contribution in [0.4, 0.5) is 4.39 Å². The molecule has 1 aliphatic rings. The molecular weight excluding hydrogens is 321 g/mol. The molecule has 1 aromatic heterocycles. The fourth-order valence-electron chi connectivity index (χ4n) is 2.84. The van der Waals surface area contributed by atoms with E-state index in [1.54, 1.807) is 24.5 Å². The molecular formula is C17H19ClFNO3. The van der Waals surface area contributed by atoms with E-state index in [-0.39, 0.29) is 11.9 Å². The van der Waals surface area contributed by atoms with Crippen molar-refractivity contribution >= 4 is 11.6 Å². The van der Waals surface area contributed by atoms with Crippen molar-refractivity contribution in [1.29, 1.82) is 0 Å². The van der Waals surface area contributed by atoms with Crippen LogP contribution in [0.1, 0.15) is 23.8 Å². The zero-order valence-electron chi connectivity index (χ0n) is 12.6. The second kappa shape index (κ2) is 7.45. The Bertz CT molecular complexity index is 635. The molecule has 1 N–H and O–H groups in total. The average molecular weight is 340 g/mol. The highest BCUT2D eigenvalue weighted by molar-refractivity contribution is 6.31. The first kappa shape index (κ1) is 16.5. The Labute approximate surface area is 139 Å². The number of ether oxygens (including phenoxy) is 1. The zero-order valence-corrected chi connectivity index (χ0v) is 13.4. The summed E-state index contributed by atoms with van der Waals surface area (Å²) >= 11 is 6.12. The molecule has 0 spiro atoms. The second-order valence-corrected chi connectivity index (χ2v) is 6.11. The van der Waals surface area contributed by atoms with E-state index < -0.39 is 6.10 Å². The highest BCUT2D eigenvalue weighted by atomic mass is 35.5. The molecule has 3 rings (SSSR count). The van der Waals surface area contributed by atoms with Gasteiger partial charge in [0.05, 0.1) is 19.5 Å². The standard InChI is InChI=1S/C17H19ClFNO3/c18-15-8-13(19)4-3-12(15)10-20-5-7-22-11-14(20)9-16(21)17-2-1-6-23-17/h1-4,6,8,14,16,21H,5,7,9-11H2. The lowest BCUT2D eigenvalue weighted by Gasteiger charge is -2.36. The number of morpholine rings is 1. The molecule has 0 aliphatic carbocycles. The predicted molar refractivity (Wildman–Crippen MR) is 84.7 cm³/mol. The van der Waals surface area contributed by atoms with Gasteiger partial charge in [-0.1, -0.05) is 17.7 Å². The van der Waals surface area contributed by atoms with Gasteiger partial charge in [0.1, 0.15) is 17.7 Å². The van der Waals surface area contributed by atoms with Crippen molar-refractivity contribution in [3.63, 3.8) is 0 Å². The number of aliphatic hydroxyl groups excluding tert-OH is 1. The van der Waals surface area contributed by atoms with Crippen molar-refractivity contribution in [3.05, 3.63) is 58.8 Å². The summed E-state index contributed by atoms with van der Waals surface area (Å²) in [5.41, 5.74) is 0.868. The largest absolute Gasteiger partial charge is 0.467 e. The number of furan rings is 1. The summed E-state index contributed by atoms with van der Waals surface area (Å²) in [6.45, 7) is 2.50. The van der Waals surface area contributed by atoms with Gasteiger partial charge in [0.15, 0.2) is 0 Å². The van der Waals surface area contributed by atoms with E-state index in [2.05, 4.69) is 4.90 Å². The lowest BCUT2D eigenvalue weighted by atomic mass is 10.0. The molecule has 2 heterocycles. The molecule has 2 aromatic rings. The minimum absolute atomic E-state index is 0.0463. The SMILES string of the molecule is OC(CC1COCCN1Cc1ccc(F)cc1Cl)c1ccco1. The van der Waals surface area contributed by atoms with Gasteiger partial charge in [-0.2, -0.15) is 0 Å². The van der Waals surface area contributed by atoms with Gasteiger partial charge in [0.25, 0.3) is 0 Å². The van der Waals surface area contributed by atoms with E-state index in [0.717, 1.165) is 12.1 Å². The first-order valence-electron chi connectivity index (χ1n) is 7.60. The highest BCUT2D eigenvalue weighted by Gasteiger charge is 2.27. The van der Waals surface area contributed by atoms with Crippen LogP contribution >= 0.6 is 11.6 Å². The first-order valence-corrected chi connectivity index (χ1v) is 7.98. The van der Waals surface area contributed by atoms with Gasteiger partial charge in [-0.05, 0) is 36.2 Å². The maximum atomic E-state index is 13.2. The summed E-state index contributed by atoms with van der Waals surface area (Å²) in [5, 5.41) is 10.7. The number of nitrogens with zero attached hydrogens (tertiary/aromatic N) is 1. The molecule has 0 amide bonds. The molecule has 23 heavy (non-hydrogen) atoms. The van der Waals surface area contributed by atoms with Crippen molar-refractivity contribution < 1.29 is 18.7 Å². The first-order chi connectivity index (χ1) is 11.1. The zero-order chi connectivity index (χ0) is 16.2. The molecule has 0 radical (unpaired) electrons. The molecule has 1 saturated heterocycles. The fourth-order valence-corrected chi connectivity index (χ4v) is 3.06. The summed E-state index contributed by atoms with van der Waals surface area (Å²) in [6.07, 6.45) is 1.38. The van der Waals surface area contributed by atoms with Crippen LogP contribution in [0.5, 0.6) is 0 Å². The molecule has 4 nitrogen and oxygen atoms in total. The summed E-state index contributed by atoms with van der Waals surface area (Å²) in [5.74, 6) is 0.209. The summed E-state index contributed by atoms with van der Waals surface area (Å²) in [7, 11) is 0. The molecule has 6 heteroatoms. The van der Waals surface area contributed by atoms with E-state index in [1.165, 1.54) is 12.1 Å². The van der Waals surface area contributed by atoms with Crippen molar-refractivity contribution in [2.75, 3.05) is 19.8 Å². The Hall–Kier alpha value is -1.40. The van der Waals surface area contributed by atoms with Gasteiger partial charge in [-0.3, -0.25) is 4.90 Å². The number of aliphatic hydroxyl groups is 1. The molecule has 1 fully saturated rings. The number of benzene rings is 1. The van der Waals surface area contributed by atoms with Crippen LogP contribution in [0, 0.1) is 5.82 Å². The minimum atomic E-state index is -0.678. The average Bonchev–Trinajstić information content (AvgIpc) is 3.06. The van der Waals surface area contributed by atoms with E-state index in [0.29, 0.717) is 37.0 Å². The lowest BCUT2D eigenvalue weighted by molar-refractivity contribution is -0.0323. The van der Waals surface area contributed by atoms with Crippen LogP contribution in [0.2, 0.25) is 5.02 Å². The van der Waals surface area contributed by atoms with E-state index in [9.17, 15) is 9.50 Å². The molecule has 1 aromatic carbocycles. The summed E-state index contributed by atoms with van der Waals surface area (Å²) < 4.78 is 24.0. The van der Waals surface area contributed by atoms with Crippen molar-refractivity contribution in [3.8, 4) is 0 Å². The molecule has 124 valence electrons. The summed E-state index contributed by atoms with van der Waals surface area (Å²) in [6, 6.07) is 8.00. The number of halogens is 2. The third-order valence-corrected chi connectivity index (χ3v) is 4.46. The maximum absolute atomic E-state index is 13.2. The number of rotatable bonds is 5. The second-order valence-electron chi connectivity index (χ2n) is 5.70. The fraction of sp³-hybridized carbons (Fsp3) is 0.412. The Balaban J connectivity index is 1.68. The monoisotopic (exact) mass is 339 g/mol. The quantitative estimate of drug-likeness (QED) is 0.907. The molecule has 0 bridgehead atoms.